The van der Waals surface area contributed by atoms with Gasteiger partial charge in [0.25, 0.3) is 0 Å². The smallest absolute Gasteiger partial charge is 0.214 e. The lowest BCUT2D eigenvalue weighted by Gasteiger charge is -2.07. The first kappa shape index (κ1) is 11.9. The van der Waals surface area contributed by atoms with E-state index < -0.39 is 5.95 Å². The molecule has 0 aliphatic carbocycles. The van der Waals surface area contributed by atoms with Crippen LogP contribution in [0.1, 0.15) is 11.1 Å². The van der Waals surface area contributed by atoms with E-state index in [0.717, 1.165) is 16.1 Å². The molecule has 0 aliphatic heterocycles. The molecule has 1 aromatic heterocycles. The first-order chi connectivity index (χ1) is 8.15. The van der Waals surface area contributed by atoms with Crippen LogP contribution in [0.15, 0.2) is 36.4 Å². The van der Waals surface area contributed by atoms with Gasteiger partial charge in [-0.1, -0.05) is 29.8 Å². The van der Waals surface area contributed by atoms with Crippen LogP contribution < -0.4 is 5.32 Å². The van der Waals surface area contributed by atoms with E-state index in [2.05, 4.69) is 10.3 Å². The van der Waals surface area contributed by atoms with Crippen LogP contribution in [-0.2, 0) is 6.54 Å². The summed E-state index contributed by atoms with van der Waals surface area (Å²) in [7, 11) is 0. The standard InChI is InChI=1S/C13H12ClFN2/c1-9-5-6-10(7-11(9)14)8-16-13-4-2-3-12(15)17-13/h2-7H,8H2,1H3,(H,16,17). The summed E-state index contributed by atoms with van der Waals surface area (Å²) in [5.74, 6) is 0.0265. The molecule has 0 radical (unpaired) electrons. The number of rotatable bonds is 3. The molecule has 0 atom stereocenters. The van der Waals surface area contributed by atoms with Gasteiger partial charge in [-0.05, 0) is 36.2 Å². The van der Waals surface area contributed by atoms with Gasteiger partial charge in [0.2, 0.25) is 5.95 Å². The quantitative estimate of drug-likeness (QED) is 0.839. The van der Waals surface area contributed by atoms with Gasteiger partial charge in [-0.25, -0.2) is 4.98 Å². The van der Waals surface area contributed by atoms with Gasteiger partial charge in [0.05, 0.1) is 0 Å². The Balaban J connectivity index is 2.05. The Labute approximate surface area is 104 Å². The molecule has 2 nitrogen and oxygen atoms in total. The number of halogens is 2. The summed E-state index contributed by atoms with van der Waals surface area (Å²) < 4.78 is 12.8. The molecular weight excluding hydrogens is 239 g/mol. The molecule has 0 fully saturated rings. The Morgan fingerprint density at radius 3 is 2.82 bits per heavy atom. The summed E-state index contributed by atoms with van der Waals surface area (Å²) in [6.07, 6.45) is 0. The highest BCUT2D eigenvalue weighted by Crippen LogP contribution is 2.17. The fraction of sp³-hybridized carbons (Fsp3) is 0.154. The maximum absolute atomic E-state index is 12.8. The van der Waals surface area contributed by atoms with Gasteiger partial charge in [-0.2, -0.15) is 4.39 Å². The molecule has 0 saturated heterocycles. The zero-order valence-electron chi connectivity index (χ0n) is 9.37. The van der Waals surface area contributed by atoms with Crippen molar-refractivity contribution in [3.8, 4) is 0 Å². The normalized spacial score (nSPS) is 10.3. The van der Waals surface area contributed by atoms with Crippen molar-refractivity contribution < 1.29 is 4.39 Å². The van der Waals surface area contributed by atoms with E-state index in [1.165, 1.54) is 6.07 Å². The highest BCUT2D eigenvalue weighted by Gasteiger charge is 1.99. The molecule has 1 N–H and O–H groups in total. The number of pyridine rings is 1. The van der Waals surface area contributed by atoms with Crippen LogP contribution in [0.4, 0.5) is 10.2 Å². The molecule has 0 bridgehead atoms. The minimum Gasteiger partial charge on any atom is -0.366 e. The number of nitrogens with one attached hydrogen (secondary N) is 1. The molecule has 1 heterocycles. The van der Waals surface area contributed by atoms with E-state index in [1.54, 1.807) is 12.1 Å². The number of hydrogen-bond donors (Lipinski definition) is 1. The predicted molar refractivity (Wildman–Crippen MR) is 67.7 cm³/mol. The second kappa shape index (κ2) is 5.15. The monoisotopic (exact) mass is 250 g/mol. The fourth-order valence-corrected chi connectivity index (χ4v) is 1.65. The number of aryl methyl sites for hydroxylation is 1. The van der Waals surface area contributed by atoms with E-state index in [9.17, 15) is 4.39 Å². The van der Waals surface area contributed by atoms with Crippen molar-refractivity contribution in [2.75, 3.05) is 5.32 Å². The van der Waals surface area contributed by atoms with Crippen LogP contribution in [-0.4, -0.2) is 4.98 Å². The summed E-state index contributed by atoms with van der Waals surface area (Å²) in [5.41, 5.74) is 2.07. The summed E-state index contributed by atoms with van der Waals surface area (Å²) in [6, 6.07) is 10.5. The average molecular weight is 251 g/mol. The van der Waals surface area contributed by atoms with Gasteiger partial charge < -0.3 is 5.32 Å². The SMILES string of the molecule is Cc1ccc(CNc2cccc(F)n2)cc1Cl. The summed E-state index contributed by atoms with van der Waals surface area (Å²) in [6.45, 7) is 2.52. The Morgan fingerprint density at radius 2 is 2.12 bits per heavy atom. The molecule has 2 rings (SSSR count). The van der Waals surface area contributed by atoms with Crippen molar-refractivity contribution in [2.45, 2.75) is 13.5 Å². The van der Waals surface area contributed by atoms with Crippen LogP contribution in [0.25, 0.3) is 0 Å². The van der Waals surface area contributed by atoms with Crippen molar-refractivity contribution in [3.05, 3.63) is 58.5 Å². The number of hydrogen-bond acceptors (Lipinski definition) is 2. The first-order valence-corrected chi connectivity index (χ1v) is 5.64. The molecule has 0 aliphatic rings. The largest absolute Gasteiger partial charge is 0.366 e. The van der Waals surface area contributed by atoms with Crippen LogP contribution in [0.2, 0.25) is 5.02 Å². The summed E-state index contributed by atoms with van der Waals surface area (Å²) >= 11 is 6.02. The Hall–Kier alpha value is -1.61. The van der Waals surface area contributed by atoms with E-state index in [0.29, 0.717) is 12.4 Å². The summed E-state index contributed by atoms with van der Waals surface area (Å²) in [4.78, 5) is 3.72. The highest BCUT2D eigenvalue weighted by atomic mass is 35.5. The lowest BCUT2D eigenvalue weighted by atomic mass is 10.1. The van der Waals surface area contributed by atoms with Crippen molar-refractivity contribution in [1.29, 1.82) is 0 Å². The second-order valence-corrected chi connectivity index (χ2v) is 4.19. The molecule has 0 saturated carbocycles. The van der Waals surface area contributed by atoms with Crippen molar-refractivity contribution >= 4 is 17.4 Å². The van der Waals surface area contributed by atoms with Crippen molar-refractivity contribution in [2.24, 2.45) is 0 Å². The molecule has 17 heavy (non-hydrogen) atoms. The maximum atomic E-state index is 12.8. The molecule has 2 aromatic rings. The molecule has 88 valence electrons. The summed E-state index contributed by atoms with van der Waals surface area (Å²) in [5, 5.41) is 3.77. The minimum atomic E-state index is -0.489. The van der Waals surface area contributed by atoms with Crippen LogP contribution >= 0.6 is 11.6 Å². The molecule has 0 spiro atoms. The lowest BCUT2D eigenvalue weighted by molar-refractivity contribution is 0.585. The van der Waals surface area contributed by atoms with E-state index in [1.807, 2.05) is 25.1 Å². The van der Waals surface area contributed by atoms with Crippen molar-refractivity contribution in [1.82, 2.24) is 4.98 Å². The van der Waals surface area contributed by atoms with Crippen molar-refractivity contribution in [3.63, 3.8) is 0 Å². The zero-order valence-corrected chi connectivity index (χ0v) is 10.1. The third kappa shape index (κ3) is 3.17. The average Bonchev–Trinajstić information content (AvgIpc) is 2.31. The van der Waals surface area contributed by atoms with Crippen LogP contribution in [0, 0.1) is 12.9 Å². The van der Waals surface area contributed by atoms with E-state index in [4.69, 9.17) is 11.6 Å². The molecular formula is C13H12ClFN2. The number of benzene rings is 1. The Kier molecular flexibility index (Phi) is 3.59. The first-order valence-electron chi connectivity index (χ1n) is 5.26. The zero-order chi connectivity index (χ0) is 12.3. The van der Waals surface area contributed by atoms with Gasteiger partial charge in [-0.3, -0.25) is 0 Å². The molecule has 1 aromatic carbocycles. The molecule has 0 amide bonds. The third-order valence-corrected chi connectivity index (χ3v) is 2.83. The number of aromatic nitrogens is 1. The highest BCUT2D eigenvalue weighted by molar-refractivity contribution is 6.31. The van der Waals surface area contributed by atoms with Gasteiger partial charge in [0.1, 0.15) is 5.82 Å². The minimum absolute atomic E-state index is 0.489. The number of anilines is 1. The molecule has 4 heteroatoms. The third-order valence-electron chi connectivity index (χ3n) is 2.42. The second-order valence-electron chi connectivity index (χ2n) is 3.78. The van der Waals surface area contributed by atoms with E-state index >= 15 is 0 Å². The van der Waals surface area contributed by atoms with Crippen LogP contribution in [0.3, 0.4) is 0 Å². The Bertz CT molecular complexity index is 529. The van der Waals surface area contributed by atoms with Crippen LogP contribution in [0.5, 0.6) is 0 Å². The van der Waals surface area contributed by atoms with Gasteiger partial charge >= 0.3 is 0 Å². The topological polar surface area (TPSA) is 24.9 Å². The number of nitrogens with zero attached hydrogens (tertiary/aromatic N) is 1. The van der Waals surface area contributed by atoms with Gasteiger partial charge in [0.15, 0.2) is 0 Å². The van der Waals surface area contributed by atoms with E-state index in [-0.39, 0.29) is 0 Å². The molecule has 0 unspecified atom stereocenters. The van der Waals surface area contributed by atoms with Gasteiger partial charge in [0, 0.05) is 11.6 Å². The fourth-order valence-electron chi connectivity index (χ4n) is 1.45. The lowest BCUT2D eigenvalue weighted by Crippen LogP contribution is -2.02. The Morgan fingerprint density at radius 1 is 1.29 bits per heavy atom. The maximum Gasteiger partial charge on any atom is 0.214 e. The predicted octanol–water partition coefficient (Wildman–Crippen LogP) is 3.79. The van der Waals surface area contributed by atoms with Gasteiger partial charge in [-0.15, -0.1) is 0 Å².